The number of aliphatic hydroxyl groups excluding tert-OH is 1. The summed E-state index contributed by atoms with van der Waals surface area (Å²) in [5, 5.41) is 21.8. The van der Waals surface area contributed by atoms with E-state index in [-0.39, 0.29) is 30.6 Å². The summed E-state index contributed by atoms with van der Waals surface area (Å²) in [5.41, 5.74) is -4.24. The van der Waals surface area contributed by atoms with Crippen LogP contribution in [0.4, 0.5) is 4.39 Å². The second-order valence-electron chi connectivity index (χ2n) is 10.3. The zero-order valence-corrected chi connectivity index (χ0v) is 20.6. The number of aliphatic hydroxyl groups is 1. The number of aliphatic carboxylic acids is 1. The predicted octanol–water partition coefficient (Wildman–Crippen LogP) is 3.99. The lowest BCUT2D eigenvalue weighted by Crippen LogP contribution is -2.70. The zero-order chi connectivity index (χ0) is 24.7. The van der Waals surface area contributed by atoms with Gasteiger partial charge in [0.25, 0.3) is 0 Å². The van der Waals surface area contributed by atoms with Gasteiger partial charge < -0.3 is 14.9 Å². The lowest BCUT2D eigenvalue weighted by Gasteiger charge is -2.64. The molecule has 4 aliphatic rings. The minimum absolute atomic E-state index is 0.0899. The smallest absolute Gasteiger partial charge is 0.349 e. The third-order valence-electron chi connectivity index (χ3n) is 8.93. The van der Waals surface area contributed by atoms with Crippen LogP contribution in [0, 0.1) is 28.6 Å². The number of allylic oxidation sites excluding steroid dienone is 4. The van der Waals surface area contributed by atoms with Gasteiger partial charge in [-0.05, 0) is 48.8 Å². The number of ether oxygens (including phenoxy) is 1. The number of rotatable bonds is 3. The molecule has 6 nitrogen and oxygen atoms in total. The molecule has 9 atom stereocenters. The molecule has 0 heterocycles. The van der Waals surface area contributed by atoms with Gasteiger partial charge in [0, 0.05) is 16.7 Å². The summed E-state index contributed by atoms with van der Waals surface area (Å²) in [4.78, 5) is 34.1. The molecule has 0 radical (unpaired) electrons. The van der Waals surface area contributed by atoms with Crippen molar-refractivity contribution in [2.75, 3.05) is 0 Å². The Labute approximate surface area is 206 Å². The fourth-order valence-electron chi connectivity index (χ4n) is 7.44. The minimum atomic E-state index is -2.03. The van der Waals surface area contributed by atoms with E-state index < -0.39 is 68.1 Å². The fraction of sp³-hybridized carbons (Fsp3) is 0.696. The van der Waals surface area contributed by atoms with Gasteiger partial charge in [-0.15, -0.1) is 11.6 Å². The van der Waals surface area contributed by atoms with Gasteiger partial charge in [0.15, 0.2) is 5.78 Å². The highest BCUT2D eigenvalue weighted by Gasteiger charge is 2.77. The Morgan fingerprint density at radius 3 is 2.45 bits per heavy atom. The molecule has 3 saturated carbocycles. The Morgan fingerprint density at radius 1 is 1.24 bits per heavy atom. The second kappa shape index (κ2) is 7.67. The first kappa shape index (κ1) is 25.0. The maximum Gasteiger partial charge on any atom is 0.349 e. The molecule has 10 heteroatoms. The molecule has 33 heavy (non-hydrogen) atoms. The highest BCUT2D eigenvalue weighted by molar-refractivity contribution is 6.53. The van der Waals surface area contributed by atoms with E-state index in [9.17, 15) is 24.6 Å². The largest absolute Gasteiger partial charge is 0.478 e. The van der Waals surface area contributed by atoms with Gasteiger partial charge >= 0.3 is 11.9 Å². The molecule has 3 fully saturated rings. The van der Waals surface area contributed by atoms with E-state index in [2.05, 4.69) is 0 Å². The minimum Gasteiger partial charge on any atom is -0.478 e. The summed E-state index contributed by atoms with van der Waals surface area (Å²) >= 11 is 18.6. The molecular formula is C23H26Cl3FO6. The molecule has 2 N–H and O–H groups in total. The van der Waals surface area contributed by atoms with Crippen LogP contribution < -0.4 is 0 Å². The maximum atomic E-state index is 15.5. The zero-order valence-electron chi connectivity index (χ0n) is 18.4. The number of alkyl halides is 4. The second-order valence-corrected chi connectivity index (χ2v) is 12.0. The third kappa shape index (κ3) is 2.98. The first-order valence-corrected chi connectivity index (χ1v) is 12.1. The monoisotopic (exact) mass is 522 g/mol. The SMILES string of the molecule is C[C@@H]1C[C@H]2[C@@H]3C[C@H](F)C4=CC(=O)C=C[C@]4(C)[C@@]3(Cl)[C@@H](O)C[C@]2(C)[C@@]1(OC(=O)C(Cl)Cl)C(=O)O. The Kier molecular flexibility index (Phi) is 5.80. The molecule has 4 aliphatic carbocycles. The Bertz CT molecular complexity index is 983. The normalized spacial score (nSPS) is 48.6. The van der Waals surface area contributed by atoms with Crippen molar-refractivity contribution in [3.05, 3.63) is 23.8 Å². The van der Waals surface area contributed by atoms with Crippen molar-refractivity contribution in [2.24, 2.45) is 28.6 Å². The first-order valence-electron chi connectivity index (χ1n) is 10.9. The summed E-state index contributed by atoms with van der Waals surface area (Å²) in [6.45, 7) is 4.99. The molecule has 0 amide bonds. The number of hydrogen-bond acceptors (Lipinski definition) is 5. The van der Waals surface area contributed by atoms with Crippen LogP contribution in [-0.4, -0.2) is 55.5 Å². The number of hydrogen-bond donors (Lipinski definition) is 2. The predicted molar refractivity (Wildman–Crippen MR) is 120 cm³/mol. The van der Waals surface area contributed by atoms with Gasteiger partial charge in [-0.3, -0.25) is 4.79 Å². The van der Waals surface area contributed by atoms with Gasteiger partial charge in [0.2, 0.25) is 10.4 Å². The molecule has 4 rings (SSSR count). The standard InChI is InChI=1S/C23H26Cl3FO6/c1-10-6-12-13-8-15(27)14-7-11(28)4-5-20(14,2)22(13,26)16(29)9-21(12,3)23(10,19(31)32)33-18(30)17(24)25/h4-5,7,10,12-13,15-17,29H,6,8-9H2,1-3H3,(H,31,32)/t10-,12+,13+,15+,16+,20+,21+,22+,23+/m1/s1. The molecule has 0 bridgehead atoms. The lowest BCUT2D eigenvalue weighted by atomic mass is 9.45. The molecule has 0 saturated heterocycles. The molecule has 0 spiro atoms. The van der Waals surface area contributed by atoms with Crippen molar-refractivity contribution in [2.45, 2.75) is 67.6 Å². The fourth-order valence-corrected chi connectivity index (χ4v) is 8.02. The number of esters is 1. The molecule has 0 aromatic carbocycles. The Balaban J connectivity index is 1.87. The van der Waals surface area contributed by atoms with E-state index in [1.165, 1.54) is 12.2 Å². The number of ketones is 1. The van der Waals surface area contributed by atoms with E-state index in [1.54, 1.807) is 26.8 Å². The summed E-state index contributed by atoms with van der Waals surface area (Å²) in [6.07, 6.45) is 1.42. The van der Waals surface area contributed by atoms with Crippen LogP contribution in [0.15, 0.2) is 23.8 Å². The summed E-state index contributed by atoms with van der Waals surface area (Å²) < 4.78 is 21.0. The highest BCUT2D eigenvalue weighted by Crippen LogP contribution is 2.72. The summed E-state index contributed by atoms with van der Waals surface area (Å²) in [6, 6.07) is 0. The Morgan fingerprint density at radius 2 is 1.88 bits per heavy atom. The summed E-state index contributed by atoms with van der Waals surface area (Å²) in [5.74, 6) is -4.65. The van der Waals surface area contributed by atoms with E-state index >= 15 is 4.39 Å². The Hall–Kier alpha value is -1.15. The highest BCUT2D eigenvalue weighted by atomic mass is 35.5. The van der Waals surface area contributed by atoms with Crippen LogP contribution in [0.25, 0.3) is 0 Å². The number of carboxylic acids is 1. The van der Waals surface area contributed by atoms with Gasteiger partial charge in [-0.2, -0.15) is 0 Å². The number of carboxylic acid groups (broad SMARTS) is 1. The van der Waals surface area contributed by atoms with Gasteiger partial charge in [0.1, 0.15) is 6.17 Å². The molecule has 0 aromatic heterocycles. The van der Waals surface area contributed by atoms with Crippen LogP contribution in [0.3, 0.4) is 0 Å². The van der Waals surface area contributed by atoms with Crippen LogP contribution in [0.1, 0.15) is 40.0 Å². The van der Waals surface area contributed by atoms with Gasteiger partial charge in [-0.1, -0.05) is 50.0 Å². The van der Waals surface area contributed by atoms with Crippen molar-refractivity contribution in [1.29, 1.82) is 0 Å². The number of carbonyl (C=O) groups is 3. The van der Waals surface area contributed by atoms with Crippen molar-refractivity contribution in [1.82, 2.24) is 0 Å². The van der Waals surface area contributed by atoms with Crippen molar-refractivity contribution >= 4 is 52.5 Å². The average molecular weight is 524 g/mol. The lowest BCUT2D eigenvalue weighted by molar-refractivity contribution is -0.212. The quantitative estimate of drug-likeness (QED) is 0.428. The van der Waals surface area contributed by atoms with Crippen molar-refractivity contribution < 1.29 is 33.7 Å². The summed E-state index contributed by atoms with van der Waals surface area (Å²) in [7, 11) is 0. The number of carbonyl (C=O) groups excluding carboxylic acids is 2. The van der Waals surface area contributed by atoms with E-state index in [1.807, 2.05) is 0 Å². The topological polar surface area (TPSA) is 101 Å². The average Bonchev–Trinajstić information content (AvgIpc) is 2.93. The molecule has 0 aliphatic heterocycles. The molecule has 182 valence electrons. The van der Waals surface area contributed by atoms with Crippen LogP contribution in [0.2, 0.25) is 0 Å². The van der Waals surface area contributed by atoms with Crippen LogP contribution in [-0.2, 0) is 19.1 Å². The molecule has 0 unspecified atom stereocenters. The third-order valence-corrected chi connectivity index (χ3v) is 10.2. The first-order chi connectivity index (χ1) is 15.2. The van der Waals surface area contributed by atoms with Gasteiger partial charge in [-0.25, -0.2) is 14.0 Å². The molecule has 0 aromatic rings. The van der Waals surface area contributed by atoms with Gasteiger partial charge in [0.05, 0.1) is 11.0 Å². The van der Waals surface area contributed by atoms with Crippen LogP contribution in [0.5, 0.6) is 0 Å². The van der Waals surface area contributed by atoms with Crippen molar-refractivity contribution in [3.63, 3.8) is 0 Å². The molecular weight excluding hydrogens is 498 g/mol. The maximum absolute atomic E-state index is 15.5. The van der Waals surface area contributed by atoms with Crippen molar-refractivity contribution in [3.8, 4) is 0 Å². The van der Waals surface area contributed by atoms with E-state index in [4.69, 9.17) is 39.5 Å². The van der Waals surface area contributed by atoms with Crippen LogP contribution >= 0.6 is 34.8 Å². The number of fused-ring (bicyclic) bond motifs is 5. The van der Waals surface area contributed by atoms with E-state index in [0.717, 1.165) is 0 Å². The van der Waals surface area contributed by atoms with E-state index in [0.29, 0.717) is 0 Å². The number of halogens is 4.